The van der Waals surface area contributed by atoms with Gasteiger partial charge in [0.05, 0.1) is 12.2 Å². The predicted molar refractivity (Wildman–Crippen MR) is 121 cm³/mol. The molecule has 3 rings (SSSR count). The van der Waals surface area contributed by atoms with Crippen LogP contribution in [0.1, 0.15) is 16.7 Å². The molecule has 2 aromatic carbocycles. The van der Waals surface area contributed by atoms with Crippen molar-refractivity contribution in [3.05, 3.63) is 69.3 Å². The van der Waals surface area contributed by atoms with Gasteiger partial charge in [0.15, 0.2) is 0 Å². The highest BCUT2D eigenvalue weighted by Gasteiger charge is 2.19. The zero-order valence-corrected chi connectivity index (χ0v) is 18.1. The van der Waals surface area contributed by atoms with Gasteiger partial charge in [-0.25, -0.2) is 14.0 Å². The molecule has 166 valence electrons. The second kappa shape index (κ2) is 9.54. The highest BCUT2D eigenvalue weighted by Crippen LogP contribution is 2.28. The topological polar surface area (TPSA) is 89.0 Å². The van der Waals surface area contributed by atoms with E-state index in [1.54, 1.807) is 38.4 Å². The molecule has 0 fully saturated rings. The lowest BCUT2D eigenvalue weighted by molar-refractivity contribution is 0.172. The largest absolute Gasteiger partial charge is 0.422 e. The van der Waals surface area contributed by atoms with Crippen LogP contribution in [-0.4, -0.2) is 43.6 Å². The standard InChI is InChI=1S/C24H24FN3O4/c1-5-11-28(4)14-19-17-10-9-16(31-24(30)27(2)3)13-21(17)32-23(29)18(19)12-15-7-6-8-20(26)22(15)25/h1,6-10,13H,11-12,14,26H2,2-4H3. The molecule has 0 saturated carbocycles. The Bertz CT molecular complexity index is 1260. The molecule has 0 aliphatic rings. The number of hydrogen-bond donors (Lipinski definition) is 1. The van der Waals surface area contributed by atoms with Crippen LogP contribution < -0.4 is 16.1 Å². The fourth-order valence-electron chi connectivity index (χ4n) is 3.31. The van der Waals surface area contributed by atoms with Crippen LogP contribution in [0.4, 0.5) is 14.9 Å². The van der Waals surface area contributed by atoms with Crippen molar-refractivity contribution in [2.75, 3.05) is 33.4 Å². The van der Waals surface area contributed by atoms with Crippen LogP contribution in [0.25, 0.3) is 11.0 Å². The molecule has 1 aromatic heterocycles. The quantitative estimate of drug-likeness (QED) is 0.362. The molecular formula is C24H24FN3O4. The van der Waals surface area contributed by atoms with Crippen LogP contribution in [0.3, 0.4) is 0 Å². The van der Waals surface area contributed by atoms with E-state index in [4.69, 9.17) is 21.3 Å². The number of carbonyl (C=O) groups is 1. The van der Waals surface area contributed by atoms with E-state index in [-0.39, 0.29) is 29.0 Å². The molecule has 2 N–H and O–H groups in total. The number of amides is 1. The van der Waals surface area contributed by atoms with E-state index in [0.29, 0.717) is 29.6 Å². The molecule has 0 aliphatic heterocycles. The van der Waals surface area contributed by atoms with E-state index in [1.165, 1.54) is 17.0 Å². The zero-order chi connectivity index (χ0) is 23.4. The minimum atomic E-state index is -0.612. The monoisotopic (exact) mass is 437 g/mol. The number of nitrogens with zero attached hydrogens (tertiary/aromatic N) is 2. The Morgan fingerprint density at radius 1 is 1.22 bits per heavy atom. The number of nitrogens with two attached hydrogens (primary N) is 1. The first-order chi connectivity index (χ1) is 15.2. The number of fused-ring (bicyclic) bond motifs is 1. The van der Waals surface area contributed by atoms with E-state index in [2.05, 4.69) is 5.92 Å². The molecule has 1 amide bonds. The van der Waals surface area contributed by atoms with Crippen LogP contribution >= 0.6 is 0 Å². The maximum Gasteiger partial charge on any atom is 0.414 e. The molecule has 32 heavy (non-hydrogen) atoms. The van der Waals surface area contributed by atoms with Crippen LogP contribution in [-0.2, 0) is 13.0 Å². The molecule has 3 aromatic rings. The highest BCUT2D eigenvalue weighted by molar-refractivity contribution is 5.83. The molecule has 0 bridgehead atoms. The Morgan fingerprint density at radius 2 is 1.97 bits per heavy atom. The molecule has 1 heterocycles. The molecule has 0 unspecified atom stereocenters. The number of hydrogen-bond acceptors (Lipinski definition) is 6. The van der Waals surface area contributed by atoms with Crippen molar-refractivity contribution < 1.29 is 18.3 Å². The minimum absolute atomic E-state index is 0.00558. The summed E-state index contributed by atoms with van der Waals surface area (Å²) in [6, 6.07) is 9.46. The number of nitrogen functional groups attached to an aromatic ring is 1. The maximum absolute atomic E-state index is 14.5. The van der Waals surface area contributed by atoms with E-state index < -0.39 is 17.5 Å². The number of carbonyl (C=O) groups excluding carboxylic acids is 1. The molecule has 0 saturated heterocycles. The molecule has 0 atom stereocenters. The van der Waals surface area contributed by atoms with Crippen molar-refractivity contribution in [2.24, 2.45) is 0 Å². The van der Waals surface area contributed by atoms with Crippen LogP contribution in [0.2, 0.25) is 0 Å². The summed E-state index contributed by atoms with van der Waals surface area (Å²) >= 11 is 0. The van der Waals surface area contributed by atoms with Crippen molar-refractivity contribution in [2.45, 2.75) is 13.0 Å². The lowest BCUT2D eigenvalue weighted by atomic mass is 9.97. The Balaban J connectivity index is 2.14. The Morgan fingerprint density at radius 3 is 2.66 bits per heavy atom. The van der Waals surface area contributed by atoms with Gasteiger partial charge in [0.25, 0.3) is 0 Å². The summed E-state index contributed by atoms with van der Waals surface area (Å²) in [5.41, 5.74) is 6.58. The lowest BCUT2D eigenvalue weighted by Gasteiger charge is -2.18. The van der Waals surface area contributed by atoms with Crippen LogP contribution in [0.5, 0.6) is 5.75 Å². The number of terminal acetylenes is 1. The van der Waals surface area contributed by atoms with Gasteiger partial charge in [-0.05, 0) is 36.4 Å². The zero-order valence-electron chi connectivity index (χ0n) is 18.1. The second-order valence-electron chi connectivity index (χ2n) is 7.64. The molecule has 0 radical (unpaired) electrons. The van der Waals surface area contributed by atoms with Gasteiger partial charge in [0, 0.05) is 44.1 Å². The average Bonchev–Trinajstić information content (AvgIpc) is 2.73. The number of ether oxygens (including phenoxy) is 1. The van der Waals surface area contributed by atoms with Gasteiger partial charge in [0.2, 0.25) is 0 Å². The number of anilines is 1. The fourth-order valence-corrected chi connectivity index (χ4v) is 3.31. The Labute approximate surface area is 185 Å². The van der Waals surface area contributed by atoms with Gasteiger partial charge < -0.3 is 19.8 Å². The first-order valence-corrected chi connectivity index (χ1v) is 9.84. The van der Waals surface area contributed by atoms with Crippen molar-refractivity contribution in [1.29, 1.82) is 0 Å². The molecule has 0 aliphatic carbocycles. The smallest absolute Gasteiger partial charge is 0.414 e. The van der Waals surface area contributed by atoms with Gasteiger partial charge >= 0.3 is 11.7 Å². The Kier molecular flexibility index (Phi) is 6.81. The summed E-state index contributed by atoms with van der Waals surface area (Å²) in [6.45, 7) is 0.689. The van der Waals surface area contributed by atoms with Crippen molar-refractivity contribution >= 4 is 22.7 Å². The van der Waals surface area contributed by atoms with E-state index in [0.717, 1.165) is 0 Å². The van der Waals surface area contributed by atoms with Gasteiger partial charge in [-0.1, -0.05) is 18.1 Å². The van der Waals surface area contributed by atoms with Gasteiger partial charge in [-0.2, -0.15) is 0 Å². The normalized spacial score (nSPS) is 10.9. The summed E-state index contributed by atoms with van der Waals surface area (Å²) in [7, 11) is 4.94. The second-order valence-corrected chi connectivity index (χ2v) is 7.64. The minimum Gasteiger partial charge on any atom is -0.422 e. The molecule has 8 heteroatoms. The SMILES string of the molecule is C#CCN(C)Cc1c(Cc2cccc(N)c2F)c(=O)oc2cc(OC(=O)N(C)C)ccc12. The summed E-state index contributed by atoms with van der Waals surface area (Å²) in [6.07, 6.45) is 4.87. The first kappa shape index (κ1) is 22.8. The summed E-state index contributed by atoms with van der Waals surface area (Å²) in [5.74, 6) is 2.23. The number of rotatable bonds is 6. The highest BCUT2D eigenvalue weighted by atomic mass is 19.1. The first-order valence-electron chi connectivity index (χ1n) is 9.84. The molecular weight excluding hydrogens is 413 g/mol. The fraction of sp³-hybridized carbons (Fsp3) is 0.250. The summed E-state index contributed by atoms with van der Waals surface area (Å²) in [5, 5.41) is 0.637. The van der Waals surface area contributed by atoms with E-state index >= 15 is 0 Å². The third-order valence-electron chi connectivity index (χ3n) is 4.93. The summed E-state index contributed by atoms with van der Waals surface area (Å²) in [4.78, 5) is 27.9. The van der Waals surface area contributed by atoms with Crippen molar-refractivity contribution in [3.8, 4) is 18.1 Å². The van der Waals surface area contributed by atoms with Gasteiger partial charge in [0.1, 0.15) is 17.1 Å². The van der Waals surface area contributed by atoms with E-state index in [1.807, 2.05) is 11.9 Å². The van der Waals surface area contributed by atoms with Gasteiger partial charge in [-0.15, -0.1) is 6.42 Å². The average molecular weight is 437 g/mol. The van der Waals surface area contributed by atoms with Crippen LogP contribution in [0.15, 0.2) is 45.6 Å². The third kappa shape index (κ3) is 4.90. The molecule has 0 spiro atoms. The Hall–Kier alpha value is -3.83. The van der Waals surface area contributed by atoms with Crippen molar-refractivity contribution in [3.63, 3.8) is 0 Å². The summed E-state index contributed by atoms with van der Waals surface area (Å²) < 4.78 is 25.3. The third-order valence-corrected chi connectivity index (χ3v) is 4.93. The lowest BCUT2D eigenvalue weighted by Crippen LogP contribution is -2.25. The number of benzene rings is 2. The molecule has 7 nitrogen and oxygen atoms in total. The number of halogens is 1. The predicted octanol–water partition coefficient (Wildman–Crippen LogP) is 3.23. The maximum atomic E-state index is 14.5. The van der Waals surface area contributed by atoms with Crippen molar-refractivity contribution in [1.82, 2.24) is 9.80 Å². The van der Waals surface area contributed by atoms with Gasteiger partial charge in [-0.3, -0.25) is 4.90 Å². The van der Waals surface area contributed by atoms with Crippen LogP contribution in [0, 0.1) is 18.2 Å². The van der Waals surface area contributed by atoms with E-state index in [9.17, 15) is 14.0 Å².